The first kappa shape index (κ1) is 26.3. The predicted octanol–water partition coefficient (Wildman–Crippen LogP) is 3.52. The van der Waals surface area contributed by atoms with Gasteiger partial charge in [0.2, 0.25) is 6.08 Å². The zero-order valence-electron chi connectivity index (χ0n) is 19.1. The molecule has 172 valence electrons. The molecule has 31 heavy (non-hydrogen) atoms. The maximum absolute atomic E-state index is 12.0. The van der Waals surface area contributed by atoms with Gasteiger partial charge < -0.3 is 19.9 Å². The van der Waals surface area contributed by atoms with Crippen molar-refractivity contribution in [3.05, 3.63) is 29.8 Å². The Bertz CT molecular complexity index is 761. The third-order valence-corrected chi connectivity index (χ3v) is 4.64. The van der Waals surface area contributed by atoms with Crippen LogP contribution in [0.15, 0.2) is 29.3 Å². The molecule has 0 aromatic heterocycles. The van der Waals surface area contributed by atoms with Gasteiger partial charge in [0.15, 0.2) is 5.78 Å². The number of nitrogens with one attached hydrogen (secondary N) is 1. The van der Waals surface area contributed by atoms with Crippen LogP contribution in [0.25, 0.3) is 0 Å². The number of aliphatic hydroxyl groups is 1. The molecule has 1 unspecified atom stereocenters. The number of ether oxygens (including phenoxy) is 2. The van der Waals surface area contributed by atoms with Gasteiger partial charge in [-0.05, 0) is 62.3 Å². The highest BCUT2D eigenvalue weighted by Crippen LogP contribution is 2.27. The second-order valence-corrected chi connectivity index (χ2v) is 8.99. The van der Waals surface area contributed by atoms with Crippen LogP contribution in [-0.4, -0.2) is 55.0 Å². The van der Waals surface area contributed by atoms with Crippen molar-refractivity contribution < 1.29 is 29.0 Å². The number of Topliss-reactive ketones (excluding diaryl/α,β-unsaturated/α-hetero) is 1. The molecule has 8 heteroatoms. The van der Waals surface area contributed by atoms with Gasteiger partial charge >= 0.3 is 6.09 Å². The third kappa shape index (κ3) is 10.8. The topological polar surface area (TPSA) is 114 Å². The summed E-state index contributed by atoms with van der Waals surface area (Å²) in [5, 5.41) is 12.5. The molecule has 1 aromatic rings. The number of ketones is 1. The number of carbonyl (C=O) groups excluding carboxylic acids is 3. The van der Waals surface area contributed by atoms with E-state index >= 15 is 0 Å². The molecule has 8 nitrogen and oxygen atoms in total. The Morgan fingerprint density at radius 1 is 1.16 bits per heavy atom. The highest BCUT2D eigenvalue weighted by Gasteiger charge is 2.25. The summed E-state index contributed by atoms with van der Waals surface area (Å²) in [6.07, 6.45) is 2.73. The first-order valence-corrected chi connectivity index (χ1v) is 10.4. The number of carbonyl (C=O) groups is 2. The van der Waals surface area contributed by atoms with Gasteiger partial charge in [0.25, 0.3) is 0 Å². The van der Waals surface area contributed by atoms with E-state index in [0.717, 1.165) is 12.8 Å². The van der Waals surface area contributed by atoms with Crippen LogP contribution in [0.1, 0.15) is 57.8 Å². The lowest BCUT2D eigenvalue weighted by molar-refractivity contribution is 0.0488. The number of rotatable bonds is 13. The van der Waals surface area contributed by atoms with E-state index in [0.29, 0.717) is 30.3 Å². The van der Waals surface area contributed by atoms with Gasteiger partial charge in [-0.3, -0.25) is 4.79 Å². The van der Waals surface area contributed by atoms with Gasteiger partial charge in [-0.25, -0.2) is 14.6 Å². The van der Waals surface area contributed by atoms with Gasteiger partial charge in [-0.15, -0.1) is 0 Å². The number of hydrogen-bond acceptors (Lipinski definition) is 7. The molecule has 1 aromatic carbocycles. The van der Waals surface area contributed by atoms with E-state index < -0.39 is 11.7 Å². The Morgan fingerprint density at radius 2 is 1.81 bits per heavy atom. The van der Waals surface area contributed by atoms with Gasteiger partial charge in [0, 0.05) is 12.1 Å². The summed E-state index contributed by atoms with van der Waals surface area (Å²) in [7, 11) is 0. The van der Waals surface area contributed by atoms with Crippen molar-refractivity contribution in [2.45, 2.75) is 53.1 Å². The van der Waals surface area contributed by atoms with Crippen LogP contribution in [0, 0.1) is 11.3 Å². The van der Waals surface area contributed by atoms with E-state index in [1.807, 2.05) is 13.8 Å². The molecule has 0 saturated heterocycles. The fourth-order valence-electron chi connectivity index (χ4n) is 3.18. The Hall–Kier alpha value is -2.70. The van der Waals surface area contributed by atoms with Crippen molar-refractivity contribution in [2.24, 2.45) is 16.3 Å². The summed E-state index contributed by atoms with van der Waals surface area (Å²) in [4.78, 5) is 37.7. The maximum atomic E-state index is 12.0. The monoisotopic (exact) mass is 434 g/mol. The van der Waals surface area contributed by atoms with E-state index in [-0.39, 0.29) is 24.4 Å². The zero-order chi connectivity index (χ0) is 23.5. The second kappa shape index (κ2) is 12.2. The Kier molecular flexibility index (Phi) is 10.4. The zero-order valence-corrected chi connectivity index (χ0v) is 19.1. The normalized spacial score (nSPS) is 12.5. The van der Waals surface area contributed by atoms with Crippen molar-refractivity contribution >= 4 is 18.0 Å². The molecule has 2 N–H and O–H groups in total. The SMILES string of the molecule is CC(CCNC(=O)OCCOc1ccc(C(=O)C(C)(C)O)cc1)CC(C)(C)CN=C=O. The lowest BCUT2D eigenvalue weighted by Crippen LogP contribution is -2.31. The van der Waals surface area contributed by atoms with E-state index in [9.17, 15) is 19.5 Å². The van der Waals surface area contributed by atoms with E-state index in [2.05, 4.69) is 17.2 Å². The van der Waals surface area contributed by atoms with Crippen LogP contribution < -0.4 is 10.1 Å². The highest BCUT2D eigenvalue weighted by atomic mass is 16.6. The molecular weight excluding hydrogens is 400 g/mol. The van der Waals surface area contributed by atoms with Gasteiger partial charge in [0.05, 0.1) is 6.54 Å². The van der Waals surface area contributed by atoms with E-state index in [4.69, 9.17) is 9.47 Å². The Morgan fingerprint density at radius 3 is 2.39 bits per heavy atom. The minimum Gasteiger partial charge on any atom is -0.490 e. The average Bonchev–Trinajstić information content (AvgIpc) is 2.68. The molecular formula is C23H34N2O6. The van der Waals surface area contributed by atoms with Gasteiger partial charge in [-0.1, -0.05) is 20.8 Å². The molecule has 0 bridgehead atoms. The molecule has 0 aliphatic carbocycles. The Balaban J connectivity index is 2.23. The predicted molar refractivity (Wildman–Crippen MR) is 117 cm³/mol. The number of nitrogens with zero attached hydrogens (tertiary/aromatic N) is 1. The lowest BCUT2D eigenvalue weighted by atomic mass is 9.82. The number of isocyanates is 1. The summed E-state index contributed by atoms with van der Waals surface area (Å²) >= 11 is 0. The first-order valence-electron chi connectivity index (χ1n) is 10.4. The smallest absolute Gasteiger partial charge is 0.407 e. The Labute approximate surface area is 184 Å². The standard InChI is InChI=1S/C23H34N2O6/c1-17(14-22(2,3)15-24-16-26)10-11-25-21(28)31-13-12-30-19-8-6-18(7-9-19)20(27)23(4,5)29/h6-9,17,29H,10-15H2,1-5H3,(H,25,28). The fraction of sp³-hybridized carbons (Fsp3) is 0.609. The fourth-order valence-corrected chi connectivity index (χ4v) is 3.18. The molecule has 1 atom stereocenters. The second-order valence-electron chi connectivity index (χ2n) is 8.99. The third-order valence-electron chi connectivity index (χ3n) is 4.64. The van der Waals surface area contributed by atoms with Crippen LogP contribution in [0.5, 0.6) is 5.75 Å². The molecule has 0 aliphatic rings. The molecule has 0 radical (unpaired) electrons. The molecule has 0 spiro atoms. The van der Waals surface area contributed by atoms with Crippen LogP contribution >= 0.6 is 0 Å². The molecule has 0 saturated carbocycles. The number of hydrogen-bond donors (Lipinski definition) is 2. The van der Waals surface area contributed by atoms with Crippen molar-refractivity contribution in [1.82, 2.24) is 5.32 Å². The molecule has 1 amide bonds. The average molecular weight is 435 g/mol. The first-order chi connectivity index (χ1) is 14.4. The number of aliphatic imine (C=N–C) groups is 1. The van der Waals surface area contributed by atoms with Crippen LogP contribution in [0.4, 0.5) is 4.79 Å². The van der Waals surface area contributed by atoms with E-state index in [1.165, 1.54) is 13.8 Å². The summed E-state index contributed by atoms with van der Waals surface area (Å²) in [6, 6.07) is 6.42. The lowest BCUT2D eigenvalue weighted by Gasteiger charge is -2.25. The van der Waals surface area contributed by atoms with Crippen molar-refractivity contribution in [3.8, 4) is 5.75 Å². The van der Waals surface area contributed by atoms with Gasteiger partial charge in [-0.2, -0.15) is 0 Å². The van der Waals surface area contributed by atoms with Crippen LogP contribution in [-0.2, 0) is 9.53 Å². The largest absolute Gasteiger partial charge is 0.490 e. The molecule has 0 fully saturated rings. The molecule has 0 aliphatic heterocycles. The number of alkyl carbamates (subject to hydrolysis) is 1. The maximum Gasteiger partial charge on any atom is 0.407 e. The van der Waals surface area contributed by atoms with E-state index in [1.54, 1.807) is 30.3 Å². The molecule has 1 rings (SSSR count). The summed E-state index contributed by atoms with van der Waals surface area (Å²) in [6.45, 7) is 10.3. The van der Waals surface area contributed by atoms with Crippen molar-refractivity contribution in [3.63, 3.8) is 0 Å². The summed E-state index contributed by atoms with van der Waals surface area (Å²) in [5.41, 5.74) is -1.12. The number of benzene rings is 1. The van der Waals surface area contributed by atoms with Crippen LogP contribution in [0.3, 0.4) is 0 Å². The summed E-state index contributed by atoms with van der Waals surface area (Å²) in [5.74, 6) is 0.518. The summed E-state index contributed by atoms with van der Waals surface area (Å²) < 4.78 is 10.6. The van der Waals surface area contributed by atoms with Crippen LogP contribution in [0.2, 0.25) is 0 Å². The van der Waals surface area contributed by atoms with Crippen molar-refractivity contribution in [1.29, 1.82) is 0 Å². The quantitative estimate of drug-likeness (QED) is 0.212. The highest BCUT2D eigenvalue weighted by molar-refractivity contribution is 6.01. The minimum absolute atomic E-state index is 0.0858. The molecule has 0 heterocycles. The van der Waals surface area contributed by atoms with Crippen molar-refractivity contribution in [2.75, 3.05) is 26.3 Å². The van der Waals surface area contributed by atoms with Gasteiger partial charge in [0.1, 0.15) is 24.6 Å². The number of amides is 1. The minimum atomic E-state index is -1.43.